The normalized spacial score (nSPS) is 9.50. The van der Waals surface area contributed by atoms with Crippen molar-refractivity contribution in [3.63, 3.8) is 0 Å². The molecule has 1 amide bonds. The van der Waals surface area contributed by atoms with Crippen molar-refractivity contribution >= 4 is 34.2 Å². The number of amides is 1. The number of hydrogen-bond donors (Lipinski definition) is 1. The minimum atomic E-state index is -0.325. The van der Waals surface area contributed by atoms with Gasteiger partial charge in [-0.05, 0) is 13.8 Å². The highest BCUT2D eigenvalue weighted by atomic mass is 32.2. The number of carbonyl (C=O) groups is 1. The summed E-state index contributed by atoms with van der Waals surface area (Å²) in [4.78, 5) is 12.4. The third-order valence-corrected chi connectivity index (χ3v) is 2.91. The van der Waals surface area contributed by atoms with Crippen molar-refractivity contribution < 1.29 is 4.79 Å². The van der Waals surface area contributed by atoms with Crippen molar-refractivity contribution in [2.24, 2.45) is 5.73 Å². The number of nitrogens with two attached hydrogens (primary N) is 1. The minimum Gasteiger partial charge on any atom is -0.369 e. The largest absolute Gasteiger partial charge is 0.369 e. The highest BCUT2D eigenvalue weighted by Gasteiger charge is 2.06. The molecule has 0 atom stereocenters. The van der Waals surface area contributed by atoms with Crippen molar-refractivity contribution in [1.82, 2.24) is 4.90 Å². The fourth-order valence-electron chi connectivity index (χ4n) is 0.706. The van der Waals surface area contributed by atoms with E-state index in [0.717, 1.165) is 17.4 Å². The van der Waals surface area contributed by atoms with Gasteiger partial charge in [0.05, 0.1) is 5.75 Å². The van der Waals surface area contributed by atoms with Gasteiger partial charge in [0.1, 0.15) is 4.32 Å². The summed E-state index contributed by atoms with van der Waals surface area (Å²) in [6.45, 7) is 5.81. The number of rotatable bonds is 4. The van der Waals surface area contributed by atoms with E-state index in [4.69, 9.17) is 18.0 Å². The maximum atomic E-state index is 10.4. The van der Waals surface area contributed by atoms with E-state index in [1.807, 2.05) is 18.7 Å². The van der Waals surface area contributed by atoms with Gasteiger partial charge in [-0.1, -0.05) is 24.0 Å². The van der Waals surface area contributed by atoms with E-state index in [1.54, 1.807) is 0 Å². The van der Waals surface area contributed by atoms with Crippen LogP contribution in [-0.2, 0) is 4.79 Å². The fourth-order valence-corrected chi connectivity index (χ4v) is 1.85. The molecule has 0 aromatic rings. The van der Waals surface area contributed by atoms with Crippen LogP contribution in [0, 0.1) is 0 Å². The third kappa shape index (κ3) is 4.56. The predicted molar refractivity (Wildman–Crippen MR) is 57.2 cm³/mol. The molecule has 0 fully saturated rings. The molecule has 0 radical (unpaired) electrons. The number of primary amides is 1. The first-order chi connectivity index (χ1) is 5.61. The van der Waals surface area contributed by atoms with Crippen LogP contribution in [0.1, 0.15) is 13.8 Å². The average molecular weight is 206 g/mol. The highest BCUT2D eigenvalue weighted by molar-refractivity contribution is 8.23. The van der Waals surface area contributed by atoms with Crippen LogP contribution in [0.3, 0.4) is 0 Å². The summed E-state index contributed by atoms with van der Waals surface area (Å²) in [6, 6.07) is 0. The van der Waals surface area contributed by atoms with E-state index in [-0.39, 0.29) is 11.7 Å². The average Bonchev–Trinajstić information content (AvgIpc) is 2.03. The summed E-state index contributed by atoms with van der Waals surface area (Å²) in [7, 11) is 0. The summed E-state index contributed by atoms with van der Waals surface area (Å²) in [6.07, 6.45) is 0. The number of hydrogen-bond acceptors (Lipinski definition) is 3. The van der Waals surface area contributed by atoms with E-state index in [1.165, 1.54) is 11.8 Å². The Kier molecular flexibility index (Phi) is 6.10. The molecule has 0 spiro atoms. The molecule has 0 aromatic carbocycles. The van der Waals surface area contributed by atoms with Gasteiger partial charge < -0.3 is 10.6 Å². The summed E-state index contributed by atoms with van der Waals surface area (Å²) in [5, 5.41) is 0. The SMILES string of the molecule is CCN(CC)C(=S)SCC(N)=O. The van der Waals surface area contributed by atoms with E-state index in [9.17, 15) is 4.79 Å². The Morgan fingerprint density at radius 2 is 2.00 bits per heavy atom. The van der Waals surface area contributed by atoms with Crippen molar-refractivity contribution in [2.45, 2.75) is 13.8 Å². The smallest absolute Gasteiger partial charge is 0.227 e. The van der Waals surface area contributed by atoms with E-state index in [2.05, 4.69) is 0 Å². The number of thioether (sulfide) groups is 1. The van der Waals surface area contributed by atoms with Crippen LogP contribution in [0.15, 0.2) is 0 Å². The topological polar surface area (TPSA) is 46.3 Å². The van der Waals surface area contributed by atoms with Gasteiger partial charge in [-0.25, -0.2) is 0 Å². The second-order valence-electron chi connectivity index (χ2n) is 2.19. The first kappa shape index (κ1) is 11.7. The van der Waals surface area contributed by atoms with Crippen molar-refractivity contribution in [3.8, 4) is 0 Å². The van der Waals surface area contributed by atoms with Crippen molar-refractivity contribution in [1.29, 1.82) is 0 Å². The molecule has 0 rings (SSSR count). The monoisotopic (exact) mass is 206 g/mol. The molecule has 0 heterocycles. The molecule has 0 saturated carbocycles. The lowest BCUT2D eigenvalue weighted by Crippen LogP contribution is -2.28. The molecule has 0 aromatic heterocycles. The van der Waals surface area contributed by atoms with Gasteiger partial charge in [0.15, 0.2) is 0 Å². The molecule has 0 bridgehead atoms. The minimum absolute atomic E-state index is 0.273. The zero-order chi connectivity index (χ0) is 9.56. The van der Waals surface area contributed by atoms with Crippen LogP contribution < -0.4 is 5.73 Å². The first-order valence-electron chi connectivity index (χ1n) is 3.81. The lowest BCUT2D eigenvalue weighted by Gasteiger charge is -2.20. The Hall–Kier alpha value is -0.290. The molecular weight excluding hydrogens is 192 g/mol. The molecular formula is C7H14N2OS2. The first-order valence-corrected chi connectivity index (χ1v) is 5.21. The zero-order valence-corrected chi connectivity index (χ0v) is 9.00. The van der Waals surface area contributed by atoms with Crippen LogP contribution in [0.5, 0.6) is 0 Å². The Morgan fingerprint density at radius 3 is 2.33 bits per heavy atom. The number of carbonyl (C=O) groups excluding carboxylic acids is 1. The van der Waals surface area contributed by atoms with Gasteiger partial charge in [-0.2, -0.15) is 0 Å². The van der Waals surface area contributed by atoms with Crippen molar-refractivity contribution in [3.05, 3.63) is 0 Å². The number of nitrogens with zero attached hydrogens (tertiary/aromatic N) is 1. The number of thiocarbonyl (C=S) groups is 1. The molecule has 12 heavy (non-hydrogen) atoms. The van der Waals surface area contributed by atoms with Gasteiger partial charge >= 0.3 is 0 Å². The van der Waals surface area contributed by atoms with Gasteiger partial charge in [-0.15, -0.1) is 0 Å². The lowest BCUT2D eigenvalue weighted by molar-refractivity contribution is -0.115. The van der Waals surface area contributed by atoms with Crippen molar-refractivity contribution in [2.75, 3.05) is 18.8 Å². The Balaban J connectivity index is 3.77. The predicted octanol–water partition coefficient (Wildman–Crippen LogP) is 0.832. The third-order valence-electron chi connectivity index (χ3n) is 1.36. The van der Waals surface area contributed by atoms with E-state index >= 15 is 0 Å². The second-order valence-corrected chi connectivity index (χ2v) is 3.80. The molecule has 5 heteroatoms. The maximum absolute atomic E-state index is 10.4. The van der Waals surface area contributed by atoms with E-state index in [0.29, 0.717) is 0 Å². The molecule has 0 unspecified atom stereocenters. The molecule has 0 aliphatic heterocycles. The lowest BCUT2D eigenvalue weighted by atomic mass is 10.6. The summed E-state index contributed by atoms with van der Waals surface area (Å²) >= 11 is 6.40. The fraction of sp³-hybridized carbons (Fsp3) is 0.714. The highest BCUT2D eigenvalue weighted by Crippen LogP contribution is 2.07. The molecule has 3 nitrogen and oxygen atoms in total. The molecule has 0 aliphatic rings. The molecule has 70 valence electrons. The van der Waals surface area contributed by atoms with Crippen LogP contribution in [-0.4, -0.2) is 34.0 Å². The van der Waals surface area contributed by atoms with Crippen LogP contribution in [0.4, 0.5) is 0 Å². The Bertz CT molecular complexity index is 169. The Morgan fingerprint density at radius 1 is 1.50 bits per heavy atom. The summed E-state index contributed by atoms with van der Waals surface area (Å²) in [5.74, 6) is -0.0514. The van der Waals surface area contributed by atoms with Gasteiger partial charge in [0.25, 0.3) is 0 Å². The van der Waals surface area contributed by atoms with Crippen LogP contribution >= 0.6 is 24.0 Å². The van der Waals surface area contributed by atoms with Crippen LogP contribution in [0.25, 0.3) is 0 Å². The van der Waals surface area contributed by atoms with E-state index < -0.39 is 0 Å². The standard InChI is InChI=1S/C7H14N2OS2/c1-3-9(4-2)7(11)12-5-6(8)10/h3-5H2,1-2H3,(H2,8,10). The maximum Gasteiger partial charge on any atom is 0.227 e. The summed E-state index contributed by atoms with van der Waals surface area (Å²) < 4.78 is 0.749. The summed E-state index contributed by atoms with van der Waals surface area (Å²) in [5.41, 5.74) is 4.99. The van der Waals surface area contributed by atoms with Gasteiger partial charge in [-0.3, -0.25) is 4.79 Å². The quantitative estimate of drug-likeness (QED) is 0.692. The second kappa shape index (κ2) is 6.25. The Labute approximate surface area is 82.7 Å². The molecule has 0 aliphatic carbocycles. The molecule has 2 N–H and O–H groups in total. The zero-order valence-electron chi connectivity index (χ0n) is 7.37. The molecule has 0 saturated heterocycles. The van der Waals surface area contributed by atoms with Gasteiger partial charge in [0.2, 0.25) is 5.91 Å². The van der Waals surface area contributed by atoms with Gasteiger partial charge in [0, 0.05) is 13.1 Å². The van der Waals surface area contributed by atoms with Crippen LogP contribution in [0.2, 0.25) is 0 Å².